The van der Waals surface area contributed by atoms with Gasteiger partial charge in [-0.1, -0.05) is 130 Å². The zero-order valence-corrected chi connectivity index (χ0v) is 19.6. The minimum absolute atomic E-state index is 0.386. The Bertz CT molecular complexity index is 727. The lowest BCUT2D eigenvalue weighted by Crippen LogP contribution is -2.06. The number of hydrogen-bond acceptors (Lipinski definition) is 3. The minimum Gasteiger partial charge on any atom is -0.240 e. The van der Waals surface area contributed by atoms with E-state index in [1.54, 1.807) is 0 Å². The molecule has 1 nitrogen and oxygen atoms in total. The molecule has 0 fully saturated rings. The molecule has 0 radical (unpaired) electrons. The fraction of sp³-hybridized carbons (Fsp3) is 0.111. The van der Waals surface area contributed by atoms with Crippen molar-refractivity contribution < 1.29 is 3.63 Å². The molecule has 0 saturated heterocycles. The van der Waals surface area contributed by atoms with Crippen molar-refractivity contribution in [3.8, 4) is 0 Å². The molecule has 0 atom stereocenters. The Morgan fingerprint density at radius 1 is 0.667 bits per heavy atom. The van der Waals surface area contributed by atoms with Crippen LogP contribution in [-0.4, -0.2) is 7.33 Å². The van der Waals surface area contributed by atoms with E-state index in [0.717, 1.165) is 35.2 Å². The fourth-order valence-electron chi connectivity index (χ4n) is 1.81. The van der Waals surface area contributed by atoms with Crippen LogP contribution in [0.3, 0.4) is 0 Å². The van der Waals surface area contributed by atoms with Gasteiger partial charge in [0.25, 0.3) is 0 Å². The first-order chi connectivity index (χ1) is 12.7. The van der Waals surface area contributed by atoms with Gasteiger partial charge in [-0.2, -0.15) is 0 Å². The molecule has 144 valence electrons. The first-order valence-electron chi connectivity index (χ1n) is 7.35. The van der Waals surface area contributed by atoms with Crippen LogP contribution in [0.2, 0.25) is 0 Å². The molecular weight excluding hydrogens is 509 g/mol. The molecule has 0 spiro atoms. The summed E-state index contributed by atoms with van der Waals surface area (Å²) < 4.78 is 2.44. The maximum absolute atomic E-state index is 6.23. The van der Waals surface area contributed by atoms with Crippen molar-refractivity contribution in [3.05, 3.63) is 83.9 Å². The summed E-state index contributed by atoms with van der Waals surface area (Å²) in [5.74, 6) is 0. The lowest BCUT2D eigenvalue weighted by Gasteiger charge is -2.18. The third kappa shape index (κ3) is 8.69. The Hall–Kier alpha value is 0.320. The summed E-state index contributed by atoms with van der Waals surface area (Å²) in [6.45, 7) is 0. The van der Waals surface area contributed by atoms with Crippen LogP contribution in [0.25, 0.3) is 10.1 Å². The van der Waals surface area contributed by atoms with Gasteiger partial charge in [-0.15, -0.1) is 0 Å². The van der Waals surface area contributed by atoms with Crippen molar-refractivity contribution >= 4 is 104 Å². The molecule has 0 bridgehead atoms. The summed E-state index contributed by atoms with van der Waals surface area (Å²) >= 11 is 38.8. The molecule has 0 aliphatic heterocycles. The second kappa shape index (κ2) is 10.9. The lowest BCUT2D eigenvalue weighted by molar-refractivity contribution is 0.752. The summed E-state index contributed by atoms with van der Waals surface area (Å²) in [6.07, 6.45) is 2.91. The molecule has 2 aromatic rings. The van der Waals surface area contributed by atoms with E-state index in [4.69, 9.17) is 73.2 Å². The second-order valence-electron chi connectivity index (χ2n) is 5.07. The number of rotatable bonds is 8. The van der Waals surface area contributed by atoms with Crippen molar-refractivity contribution in [1.82, 2.24) is 0 Å². The first kappa shape index (κ1) is 23.6. The predicted molar refractivity (Wildman–Crippen MR) is 126 cm³/mol. The molecule has 0 aromatic heterocycles. The molecule has 0 saturated carbocycles. The summed E-state index contributed by atoms with van der Waals surface area (Å²) in [6, 6.07) is 18.5. The topological polar surface area (TPSA) is 9.23 Å². The zero-order chi connectivity index (χ0) is 19.9. The molecule has 2 aromatic carbocycles. The summed E-state index contributed by atoms with van der Waals surface area (Å²) in [7, 11) is 0. The quantitative estimate of drug-likeness (QED) is 0.253. The summed E-state index contributed by atoms with van der Waals surface area (Å²) in [5, 5.41) is 0.772. The average Bonchev–Trinajstić information content (AvgIpc) is 2.62. The number of benzene rings is 2. The Balaban J connectivity index is 1.95. The highest BCUT2D eigenvalue weighted by Gasteiger charge is 2.29. The maximum atomic E-state index is 6.23. The third-order valence-corrected chi connectivity index (χ3v) is 6.05. The second-order valence-corrected chi connectivity index (χ2v) is 11.7. The minimum atomic E-state index is -1.45. The number of alkyl halides is 4. The smallest absolute Gasteiger partial charge is 0.209 e. The van der Waals surface area contributed by atoms with Gasteiger partial charge in [0.2, 0.25) is 7.33 Å². The molecular formula is C18H12Cl6OS2. The van der Waals surface area contributed by atoms with Crippen LogP contribution in [0, 0.1) is 0 Å². The Morgan fingerprint density at radius 2 is 1.00 bits per heavy atom. The highest BCUT2D eigenvalue weighted by molar-refractivity contribution is 8.11. The largest absolute Gasteiger partial charge is 0.240 e. The molecule has 0 amide bonds. The molecule has 0 N–H and O–H groups in total. The van der Waals surface area contributed by atoms with Gasteiger partial charge >= 0.3 is 0 Å². The van der Waals surface area contributed by atoms with Crippen LogP contribution in [0.4, 0.5) is 0 Å². The van der Waals surface area contributed by atoms with Crippen molar-refractivity contribution in [2.75, 3.05) is 0 Å². The molecule has 9 heteroatoms. The molecule has 2 rings (SSSR count). The van der Waals surface area contributed by atoms with E-state index in [0.29, 0.717) is 10.1 Å². The van der Waals surface area contributed by atoms with E-state index >= 15 is 0 Å². The molecule has 0 heterocycles. The molecule has 0 aliphatic carbocycles. The van der Waals surface area contributed by atoms with Crippen molar-refractivity contribution in [2.24, 2.45) is 0 Å². The standard InChI is InChI=1S/C18H12Cl6OS2/c19-15(13-7-3-1-4-8-13)11-17(21,22)26-25-27-18(23,24)12-16(20)14-9-5-2-6-10-14/h1-12H. The van der Waals surface area contributed by atoms with E-state index in [1.807, 2.05) is 60.7 Å². The predicted octanol–water partition coefficient (Wildman–Crippen LogP) is 9.12. The molecule has 0 aliphatic rings. The van der Waals surface area contributed by atoms with Crippen LogP contribution < -0.4 is 0 Å². The Labute approximate surface area is 197 Å². The fourth-order valence-corrected chi connectivity index (χ4v) is 5.30. The van der Waals surface area contributed by atoms with E-state index < -0.39 is 7.33 Å². The van der Waals surface area contributed by atoms with Crippen LogP contribution >= 0.6 is 93.7 Å². The van der Waals surface area contributed by atoms with Gasteiger partial charge in [0.05, 0.1) is 24.1 Å². The van der Waals surface area contributed by atoms with Gasteiger partial charge in [-0.25, -0.2) is 3.63 Å². The zero-order valence-electron chi connectivity index (χ0n) is 13.4. The van der Waals surface area contributed by atoms with Gasteiger partial charge in [0.1, 0.15) is 0 Å². The number of hydrogen-bond donors (Lipinski definition) is 0. The normalized spacial score (nSPS) is 13.7. The van der Waals surface area contributed by atoms with E-state index in [2.05, 4.69) is 0 Å². The molecule has 0 unspecified atom stereocenters. The highest BCUT2D eigenvalue weighted by Crippen LogP contribution is 2.47. The van der Waals surface area contributed by atoms with Gasteiger partial charge in [-0.3, -0.25) is 0 Å². The lowest BCUT2D eigenvalue weighted by atomic mass is 10.2. The van der Waals surface area contributed by atoms with Crippen LogP contribution in [-0.2, 0) is 3.63 Å². The average molecular weight is 521 g/mol. The van der Waals surface area contributed by atoms with Gasteiger partial charge in [-0.05, 0) is 23.3 Å². The van der Waals surface area contributed by atoms with Crippen LogP contribution in [0.1, 0.15) is 11.1 Å². The monoisotopic (exact) mass is 518 g/mol. The maximum Gasteiger partial charge on any atom is 0.209 e. The van der Waals surface area contributed by atoms with E-state index in [9.17, 15) is 0 Å². The first-order valence-corrected chi connectivity index (χ1v) is 11.1. The van der Waals surface area contributed by atoms with Crippen molar-refractivity contribution in [2.45, 2.75) is 7.33 Å². The van der Waals surface area contributed by atoms with E-state index in [-0.39, 0.29) is 0 Å². The van der Waals surface area contributed by atoms with Gasteiger partial charge in [0, 0.05) is 10.1 Å². The van der Waals surface area contributed by atoms with E-state index in [1.165, 1.54) is 12.2 Å². The Morgan fingerprint density at radius 3 is 1.33 bits per heavy atom. The van der Waals surface area contributed by atoms with Crippen LogP contribution in [0.15, 0.2) is 72.8 Å². The van der Waals surface area contributed by atoms with Gasteiger partial charge < -0.3 is 0 Å². The third-order valence-electron chi connectivity index (χ3n) is 2.98. The summed E-state index contributed by atoms with van der Waals surface area (Å²) in [4.78, 5) is 0. The highest BCUT2D eigenvalue weighted by atomic mass is 35.5. The SMILES string of the molecule is ClC(=CC(Cl)(Cl)SOSC(Cl)(Cl)C=C(Cl)c1ccccc1)c1ccccc1. The van der Waals surface area contributed by atoms with Gasteiger partial charge in [0.15, 0.2) is 0 Å². The van der Waals surface area contributed by atoms with Crippen molar-refractivity contribution in [1.29, 1.82) is 0 Å². The summed E-state index contributed by atoms with van der Waals surface area (Å²) in [5.41, 5.74) is 1.56. The van der Waals surface area contributed by atoms with Crippen molar-refractivity contribution in [3.63, 3.8) is 0 Å². The van der Waals surface area contributed by atoms with Crippen LogP contribution in [0.5, 0.6) is 0 Å². The Kier molecular flexibility index (Phi) is 9.54. The molecule has 27 heavy (non-hydrogen) atoms. The number of halogens is 6.